The van der Waals surface area contributed by atoms with Crippen LogP contribution in [-0.4, -0.2) is 42.2 Å². The second kappa shape index (κ2) is 9.56. The molecule has 1 aromatic carbocycles. The van der Waals surface area contributed by atoms with Gasteiger partial charge in [0.2, 0.25) is 0 Å². The van der Waals surface area contributed by atoms with Gasteiger partial charge in [-0.25, -0.2) is 4.98 Å². The quantitative estimate of drug-likeness (QED) is 0.595. The molecule has 10 heteroatoms. The van der Waals surface area contributed by atoms with Crippen LogP contribution in [0, 0.1) is 0 Å². The van der Waals surface area contributed by atoms with Gasteiger partial charge in [0.05, 0.1) is 6.20 Å². The maximum atomic E-state index is 12.5. The van der Waals surface area contributed by atoms with E-state index in [1.54, 1.807) is 12.1 Å². The van der Waals surface area contributed by atoms with Crippen molar-refractivity contribution in [3.05, 3.63) is 47.7 Å². The van der Waals surface area contributed by atoms with Gasteiger partial charge >= 0.3 is 12.1 Å². The number of ether oxygens (including phenoxy) is 1. The van der Waals surface area contributed by atoms with E-state index in [1.165, 1.54) is 7.05 Å². The van der Waals surface area contributed by atoms with Gasteiger partial charge in [-0.15, -0.1) is 0 Å². The van der Waals surface area contributed by atoms with Crippen LogP contribution in [0.4, 0.5) is 13.2 Å². The van der Waals surface area contributed by atoms with E-state index in [1.807, 2.05) is 19.1 Å². The van der Waals surface area contributed by atoms with E-state index >= 15 is 0 Å². The van der Waals surface area contributed by atoms with Crippen molar-refractivity contribution in [3.63, 3.8) is 0 Å². The predicted molar refractivity (Wildman–Crippen MR) is 93.6 cm³/mol. The number of aromatic nitrogens is 1. The minimum Gasteiger partial charge on any atom is -0.484 e. The maximum Gasteiger partial charge on any atom is 0.468 e. The summed E-state index contributed by atoms with van der Waals surface area (Å²) in [6.45, 7) is 1.83. The van der Waals surface area contributed by atoms with Gasteiger partial charge in [-0.05, 0) is 31.0 Å². The average Bonchev–Trinajstić information content (AvgIpc) is 3.16. The molecular weight excluding hydrogens is 379 g/mol. The number of rotatable bonds is 9. The van der Waals surface area contributed by atoms with E-state index in [0.29, 0.717) is 12.2 Å². The molecule has 0 aliphatic carbocycles. The van der Waals surface area contributed by atoms with Crippen molar-refractivity contribution in [2.45, 2.75) is 31.7 Å². The molecule has 0 fully saturated rings. The highest BCUT2D eigenvalue weighted by Gasteiger charge is 2.37. The number of carbonyl (C=O) groups is 1. The summed E-state index contributed by atoms with van der Waals surface area (Å²) in [6.07, 6.45) is -4.44. The number of hydrogen-bond acceptors (Lipinski definition) is 6. The molecule has 0 radical (unpaired) electrons. The highest BCUT2D eigenvalue weighted by atomic mass is 19.4. The van der Waals surface area contributed by atoms with Crippen molar-refractivity contribution >= 4 is 5.91 Å². The summed E-state index contributed by atoms with van der Waals surface area (Å²) in [6, 6.07) is 7.12. The SMILES string of the molecule is CNC(=O)COc1ccc(CC(C)NCC(O)c2cnc(C(F)(F)F)o2)cc1. The first-order valence-corrected chi connectivity index (χ1v) is 8.55. The Balaban J connectivity index is 1.79. The Morgan fingerprint density at radius 2 is 2.00 bits per heavy atom. The van der Waals surface area contributed by atoms with Crippen LogP contribution in [0.15, 0.2) is 34.9 Å². The first-order chi connectivity index (χ1) is 13.2. The number of likely N-dealkylation sites (N-methyl/N-ethyl adjacent to an activating group) is 1. The molecule has 1 heterocycles. The Morgan fingerprint density at radius 3 is 2.57 bits per heavy atom. The molecule has 2 rings (SSSR count). The Labute approximate surface area is 159 Å². The number of benzene rings is 1. The molecule has 28 heavy (non-hydrogen) atoms. The van der Waals surface area contributed by atoms with E-state index in [4.69, 9.17) is 4.74 Å². The number of nitrogens with one attached hydrogen (secondary N) is 2. The van der Waals surface area contributed by atoms with Gasteiger partial charge in [-0.2, -0.15) is 13.2 Å². The van der Waals surface area contributed by atoms with Gasteiger partial charge in [0, 0.05) is 19.6 Å². The number of oxazole rings is 1. The van der Waals surface area contributed by atoms with E-state index in [2.05, 4.69) is 20.0 Å². The third-order valence-electron chi connectivity index (χ3n) is 3.87. The second-order valence-electron chi connectivity index (χ2n) is 6.20. The smallest absolute Gasteiger partial charge is 0.468 e. The van der Waals surface area contributed by atoms with Crippen molar-refractivity contribution in [3.8, 4) is 5.75 Å². The lowest BCUT2D eigenvalue weighted by atomic mass is 10.1. The number of carbonyl (C=O) groups excluding carboxylic acids is 1. The standard InChI is InChI=1S/C18H22F3N3O4/c1-11(7-12-3-5-13(6-4-12)27-10-16(26)22-2)23-8-14(25)15-9-24-17(28-15)18(19,20)21/h3-6,9,11,14,23,25H,7-8,10H2,1-2H3,(H,22,26). The summed E-state index contributed by atoms with van der Waals surface area (Å²) in [5, 5.41) is 15.5. The predicted octanol–water partition coefficient (Wildman–Crippen LogP) is 2.07. The molecule has 7 nitrogen and oxygen atoms in total. The Morgan fingerprint density at radius 1 is 1.32 bits per heavy atom. The van der Waals surface area contributed by atoms with Crippen LogP contribution >= 0.6 is 0 Å². The Hall–Kier alpha value is -2.59. The lowest BCUT2D eigenvalue weighted by Gasteiger charge is -2.16. The first kappa shape index (κ1) is 21.7. The average molecular weight is 401 g/mol. The molecule has 0 saturated carbocycles. The lowest BCUT2D eigenvalue weighted by Crippen LogP contribution is -2.32. The minimum absolute atomic E-state index is 0.0149. The van der Waals surface area contributed by atoms with Crippen molar-refractivity contribution in [1.29, 1.82) is 0 Å². The molecule has 2 atom stereocenters. The minimum atomic E-state index is -4.69. The van der Waals surface area contributed by atoms with Crippen LogP contribution < -0.4 is 15.4 Å². The van der Waals surface area contributed by atoms with Crippen molar-refractivity contribution < 1.29 is 32.2 Å². The molecule has 2 unspecified atom stereocenters. The summed E-state index contributed by atoms with van der Waals surface area (Å²) < 4.78 is 47.3. The van der Waals surface area contributed by atoms with Gasteiger partial charge in [0.25, 0.3) is 5.91 Å². The van der Waals surface area contributed by atoms with Gasteiger partial charge in [-0.1, -0.05) is 12.1 Å². The summed E-state index contributed by atoms with van der Waals surface area (Å²) in [5.74, 6) is -1.29. The zero-order valence-corrected chi connectivity index (χ0v) is 15.4. The summed E-state index contributed by atoms with van der Waals surface area (Å²) in [4.78, 5) is 14.3. The summed E-state index contributed by atoms with van der Waals surface area (Å²) in [7, 11) is 1.53. The molecule has 0 spiro atoms. The van der Waals surface area contributed by atoms with Gasteiger partial charge in [0.15, 0.2) is 12.4 Å². The molecule has 0 aliphatic rings. The fourth-order valence-corrected chi connectivity index (χ4v) is 2.35. The van der Waals surface area contributed by atoms with Crippen LogP contribution in [0.1, 0.15) is 30.2 Å². The maximum absolute atomic E-state index is 12.5. The van der Waals surface area contributed by atoms with E-state index in [0.717, 1.165) is 11.8 Å². The number of halogens is 3. The van der Waals surface area contributed by atoms with Crippen LogP contribution in [-0.2, 0) is 17.4 Å². The molecular formula is C18H22F3N3O4. The summed E-state index contributed by atoms with van der Waals surface area (Å²) in [5.41, 5.74) is 0.987. The van der Waals surface area contributed by atoms with Crippen molar-refractivity contribution in [2.75, 3.05) is 20.2 Å². The molecule has 1 amide bonds. The topological polar surface area (TPSA) is 96.6 Å². The number of amides is 1. The number of alkyl halides is 3. The second-order valence-corrected chi connectivity index (χ2v) is 6.20. The molecule has 154 valence electrons. The highest BCUT2D eigenvalue weighted by Crippen LogP contribution is 2.29. The molecule has 3 N–H and O–H groups in total. The molecule has 0 bridgehead atoms. The van der Waals surface area contributed by atoms with Crippen molar-refractivity contribution in [1.82, 2.24) is 15.6 Å². The van der Waals surface area contributed by atoms with Crippen molar-refractivity contribution in [2.24, 2.45) is 0 Å². The van der Waals surface area contributed by atoms with Gasteiger partial charge in [0.1, 0.15) is 11.9 Å². The zero-order valence-electron chi connectivity index (χ0n) is 15.4. The van der Waals surface area contributed by atoms with E-state index in [9.17, 15) is 23.1 Å². The lowest BCUT2D eigenvalue weighted by molar-refractivity contribution is -0.158. The monoisotopic (exact) mass is 401 g/mol. The van der Waals surface area contributed by atoms with Gasteiger partial charge in [-0.3, -0.25) is 4.79 Å². The van der Waals surface area contributed by atoms with Crippen LogP contribution in [0.2, 0.25) is 0 Å². The number of aliphatic hydroxyl groups is 1. The van der Waals surface area contributed by atoms with Gasteiger partial charge < -0.3 is 24.9 Å². The van der Waals surface area contributed by atoms with Crippen LogP contribution in [0.25, 0.3) is 0 Å². The zero-order chi connectivity index (χ0) is 20.7. The molecule has 0 aliphatic heterocycles. The summed E-state index contributed by atoms with van der Waals surface area (Å²) >= 11 is 0. The highest BCUT2D eigenvalue weighted by molar-refractivity contribution is 5.77. The number of hydrogen-bond donors (Lipinski definition) is 3. The van der Waals surface area contributed by atoms with Crippen LogP contribution in [0.3, 0.4) is 0 Å². The first-order valence-electron chi connectivity index (χ1n) is 8.55. The Bertz CT molecular complexity index is 762. The van der Waals surface area contributed by atoms with E-state index in [-0.39, 0.29) is 30.9 Å². The molecule has 2 aromatic rings. The fraction of sp³-hybridized carbons (Fsp3) is 0.444. The number of nitrogens with zero attached hydrogens (tertiary/aromatic N) is 1. The third-order valence-corrected chi connectivity index (χ3v) is 3.87. The molecule has 0 saturated heterocycles. The van der Waals surface area contributed by atoms with E-state index < -0.39 is 18.2 Å². The van der Waals surface area contributed by atoms with Crippen LogP contribution in [0.5, 0.6) is 5.75 Å². The Kier molecular flexibility index (Phi) is 7.41. The third kappa shape index (κ3) is 6.54. The normalized spacial score (nSPS) is 13.8. The largest absolute Gasteiger partial charge is 0.484 e. The molecule has 1 aromatic heterocycles. The number of aliphatic hydroxyl groups excluding tert-OH is 1. The fourth-order valence-electron chi connectivity index (χ4n) is 2.35.